The highest BCUT2D eigenvalue weighted by Gasteiger charge is 2.18. The third-order valence-corrected chi connectivity index (χ3v) is 3.86. The van der Waals surface area contributed by atoms with Crippen LogP contribution in [-0.2, 0) is 0 Å². The lowest BCUT2D eigenvalue weighted by molar-refractivity contribution is 0.434. The lowest BCUT2D eigenvalue weighted by Gasteiger charge is -2.22. The molecule has 1 heterocycles. The van der Waals surface area contributed by atoms with Gasteiger partial charge in [0.25, 0.3) is 0 Å². The maximum atomic E-state index is 5.76. The van der Waals surface area contributed by atoms with Gasteiger partial charge in [-0.3, -0.25) is 0 Å². The zero-order valence-corrected chi connectivity index (χ0v) is 10.7. The molecular weight excluding hydrogens is 210 g/mol. The predicted octanol–water partition coefficient (Wildman–Crippen LogP) is 2.98. The molecule has 1 unspecified atom stereocenters. The van der Waals surface area contributed by atoms with Crippen LogP contribution in [0.15, 0.2) is 12.3 Å². The molecule has 3 nitrogen and oxygen atoms in total. The van der Waals surface area contributed by atoms with Crippen molar-refractivity contribution in [2.45, 2.75) is 57.3 Å². The third kappa shape index (κ3) is 3.03. The Kier molecular flexibility index (Phi) is 4.49. The smallest absolute Gasteiger partial charge is 0.132 e. The van der Waals surface area contributed by atoms with Crippen molar-refractivity contribution in [3.8, 4) is 0 Å². The van der Waals surface area contributed by atoms with Crippen LogP contribution in [0.2, 0.25) is 0 Å². The SMILES string of the molecule is CCC(CN)c1nccc(C2CCCCC2)n1. The first kappa shape index (κ1) is 12.5. The summed E-state index contributed by atoms with van der Waals surface area (Å²) in [7, 11) is 0. The number of hydrogen-bond donors (Lipinski definition) is 1. The lowest BCUT2D eigenvalue weighted by atomic mass is 9.87. The summed E-state index contributed by atoms with van der Waals surface area (Å²) in [5, 5.41) is 0. The lowest BCUT2D eigenvalue weighted by Crippen LogP contribution is -2.16. The first-order valence-electron chi connectivity index (χ1n) is 6.88. The molecule has 0 aromatic carbocycles. The van der Waals surface area contributed by atoms with E-state index in [9.17, 15) is 0 Å². The van der Waals surface area contributed by atoms with Gasteiger partial charge in [-0.05, 0) is 25.3 Å². The molecule has 94 valence electrons. The Hall–Kier alpha value is -0.960. The number of aromatic nitrogens is 2. The maximum Gasteiger partial charge on any atom is 0.132 e. The fourth-order valence-corrected chi connectivity index (χ4v) is 2.67. The number of nitrogens with zero attached hydrogens (tertiary/aromatic N) is 2. The van der Waals surface area contributed by atoms with Gasteiger partial charge in [0, 0.05) is 30.3 Å². The molecule has 0 aliphatic heterocycles. The zero-order chi connectivity index (χ0) is 12.1. The molecule has 0 radical (unpaired) electrons. The second-order valence-corrected chi connectivity index (χ2v) is 5.02. The van der Waals surface area contributed by atoms with Crippen LogP contribution in [0.4, 0.5) is 0 Å². The van der Waals surface area contributed by atoms with Gasteiger partial charge in [-0.1, -0.05) is 26.2 Å². The van der Waals surface area contributed by atoms with Gasteiger partial charge in [0.1, 0.15) is 5.82 Å². The molecule has 2 rings (SSSR count). The summed E-state index contributed by atoms with van der Waals surface area (Å²) in [6.07, 6.45) is 9.58. The van der Waals surface area contributed by atoms with Crippen molar-refractivity contribution in [1.82, 2.24) is 9.97 Å². The molecule has 1 aliphatic carbocycles. The Morgan fingerprint density at radius 3 is 2.76 bits per heavy atom. The van der Waals surface area contributed by atoms with Crippen LogP contribution < -0.4 is 5.73 Å². The van der Waals surface area contributed by atoms with E-state index >= 15 is 0 Å². The van der Waals surface area contributed by atoms with Crippen molar-refractivity contribution < 1.29 is 0 Å². The molecule has 0 amide bonds. The number of hydrogen-bond acceptors (Lipinski definition) is 3. The first-order valence-corrected chi connectivity index (χ1v) is 6.88. The normalized spacial score (nSPS) is 19.2. The van der Waals surface area contributed by atoms with Gasteiger partial charge in [0.15, 0.2) is 0 Å². The summed E-state index contributed by atoms with van der Waals surface area (Å²) >= 11 is 0. The van der Waals surface area contributed by atoms with Crippen molar-refractivity contribution in [2.24, 2.45) is 5.73 Å². The van der Waals surface area contributed by atoms with Gasteiger partial charge in [0.05, 0.1) is 0 Å². The molecule has 1 atom stereocenters. The molecule has 0 saturated heterocycles. The van der Waals surface area contributed by atoms with E-state index in [1.807, 2.05) is 6.20 Å². The summed E-state index contributed by atoms with van der Waals surface area (Å²) in [6.45, 7) is 2.79. The number of rotatable bonds is 4. The van der Waals surface area contributed by atoms with Crippen LogP contribution in [0.5, 0.6) is 0 Å². The Morgan fingerprint density at radius 2 is 2.12 bits per heavy atom. The zero-order valence-electron chi connectivity index (χ0n) is 10.7. The molecule has 0 bridgehead atoms. The van der Waals surface area contributed by atoms with Gasteiger partial charge in [-0.15, -0.1) is 0 Å². The molecule has 0 spiro atoms. The molecule has 1 aromatic rings. The van der Waals surface area contributed by atoms with E-state index in [-0.39, 0.29) is 0 Å². The standard InChI is InChI=1S/C14H23N3/c1-2-11(10-15)14-16-9-8-13(17-14)12-6-4-3-5-7-12/h8-9,11-12H,2-7,10,15H2,1H3. The molecular formula is C14H23N3. The van der Waals surface area contributed by atoms with Gasteiger partial charge < -0.3 is 5.73 Å². The highest BCUT2D eigenvalue weighted by molar-refractivity contribution is 5.11. The maximum absolute atomic E-state index is 5.76. The summed E-state index contributed by atoms with van der Waals surface area (Å²) in [5.41, 5.74) is 7.00. The fraction of sp³-hybridized carbons (Fsp3) is 0.714. The topological polar surface area (TPSA) is 51.8 Å². The van der Waals surface area contributed by atoms with E-state index in [2.05, 4.69) is 18.0 Å². The van der Waals surface area contributed by atoms with E-state index < -0.39 is 0 Å². The van der Waals surface area contributed by atoms with Crippen molar-refractivity contribution in [2.75, 3.05) is 6.54 Å². The van der Waals surface area contributed by atoms with E-state index in [0.29, 0.717) is 18.4 Å². The first-order chi connectivity index (χ1) is 8.35. The Labute approximate surface area is 104 Å². The molecule has 1 aromatic heterocycles. The van der Waals surface area contributed by atoms with Crippen LogP contribution in [-0.4, -0.2) is 16.5 Å². The summed E-state index contributed by atoms with van der Waals surface area (Å²) in [4.78, 5) is 9.13. The van der Waals surface area contributed by atoms with Crippen LogP contribution in [0.1, 0.15) is 68.8 Å². The molecule has 1 saturated carbocycles. The van der Waals surface area contributed by atoms with Gasteiger partial charge >= 0.3 is 0 Å². The minimum absolute atomic E-state index is 0.318. The summed E-state index contributed by atoms with van der Waals surface area (Å²) < 4.78 is 0. The van der Waals surface area contributed by atoms with Gasteiger partial charge in [0.2, 0.25) is 0 Å². The Balaban J connectivity index is 2.15. The number of nitrogens with two attached hydrogens (primary N) is 1. The largest absolute Gasteiger partial charge is 0.330 e. The van der Waals surface area contributed by atoms with E-state index in [4.69, 9.17) is 10.7 Å². The third-order valence-electron chi connectivity index (χ3n) is 3.86. The van der Waals surface area contributed by atoms with Crippen molar-refractivity contribution >= 4 is 0 Å². The van der Waals surface area contributed by atoms with E-state index in [0.717, 1.165) is 12.2 Å². The Morgan fingerprint density at radius 1 is 1.35 bits per heavy atom. The molecule has 17 heavy (non-hydrogen) atoms. The van der Waals surface area contributed by atoms with Crippen LogP contribution in [0.3, 0.4) is 0 Å². The van der Waals surface area contributed by atoms with Gasteiger partial charge in [-0.25, -0.2) is 9.97 Å². The van der Waals surface area contributed by atoms with E-state index in [1.54, 1.807) is 0 Å². The molecule has 1 aliphatic rings. The minimum Gasteiger partial charge on any atom is -0.330 e. The second kappa shape index (κ2) is 6.10. The Bertz CT molecular complexity index is 341. The van der Waals surface area contributed by atoms with Gasteiger partial charge in [-0.2, -0.15) is 0 Å². The molecule has 1 fully saturated rings. The highest BCUT2D eigenvalue weighted by Crippen LogP contribution is 2.31. The monoisotopic (exact) mass is 233 g/mol. The van der Waals surface area contributed by atoms with Crippen LogP contribution in [0.25, 0.3) is 0 Å². The molecule has 2 N–H and O–H groups in total. The quantitative estimate of drug-likeness (QED) is 0.869. The van der Waals surface area contributed by atoms with Crippen LogP contribution in [0, 0.1) is 0 Å². The van der Waals surface area contributed by atoms with Crippen molar-refractivity contribution in [3.05, 3.63) is 23.8 Å². The summed E-state index contributed by atoms with van der Waals surface area (Å²) in [6, 6.07) is 2.09. The second-order valence-electron chi connectivity index (χ2n) is 5.02. The predicted molar refractivity (Wildman–Crippen MR) is 69.9 cm³/mol. The summed E-state index contributed by atoms with van der Waals surface area (Å²) in [5.74, 6) is 1.91. The van der Waals surface area contributed by atoms with E-state index in [1.165, 1.54) is 37.8 Å². The molecule has 3 heteroatoms. The highest BCUT2D eigenvalue weighted by atomic mass is 14.9. The fourth-order valence-electron chi connectivity index (χ4n) is 2.67. The van der Waals surface area contributed by atoms with Crippen LogP contribution >= 0.6 is 0 Å². The average molecular weight is 233 g/mol. The van der Waals surface area contributed by atoms with Crippen molar-refractivity contribution in [1.29, 1.82) is 0 Å². The average Bonchev–Trinajstić information content (AvgIpc) is 2.42. The van der Waals surface area contributed by atoms with Crippen molar-refractivity contribution in [3.63, 3.8) is 0 Å². The minimum atomic E-state index is 0.318.